The molecular formula is C13H16N2O. The summed E-state index contributed by atoms with van der Waals surface area (Å²) in [5.41, 5.74) is 1.32. The topological polar surface area (TPSA) is 25.4 Å². The second-order valence-electron chi connectivity index (χ2n) is 4.55. The maximum atomic E-state index is 5.50. The van der Waals surface area contributed by atoms with Crippen molar-refractivity contribution in [1.29, 1.82) is 0 Å². The van der Waals surface area contributed by atoms with Crippen LogP contribution in [0.5, 0.6) is 0 Å². The van der Waals surface area contributed by atoms with Gasteiger partial charge in [0.1, 0.15) is 0 Å². The third kappa shape index (κ3) is 1.28. The Kier molecular flexibility index (Phi) is 2.21. The summed E-state index contributed by atoms with van der Waals surface area (Å²) in [5.74, 6) is 0.603. The predicted octanol–water partition coefficient (Wildman–Crippen LogP) is 0.646. The van der Waals surface area contributed by atoms with Gasteiger partial charge in [-0.1, -0.05) is 6.08 Å². The number of rotatable bonds is 1. The van der Waals surface area contributed by atoms with E-state index in [-0.39, 0.29) is 0 Å². The molecule has 2 unspecified atom stereocenters. The van der Waals surface area contributed by atoms with Gasteiger partial charge < -0.3 is 0 Å². The molecule has 1 saturated heterocycles. The van der Waals surface area contributed by atoms with E-state index >= 15 is 0 Å². The molecule has 1 aliphatic carbocycles. The SMILES string of the molecule is CON1C2=c3cccnc3=CCC2CC1C. The second kappa shape index (κ2) is 3.59. The van der Waals surface area contributed by atoms with E-state index in [0.29, 0.717) is 12.0 Å². The molecule has 0 aromatic carbocycles. The monoisotopic (exact) mass is 216 g/mol. The van der Waals surface area contributed by atoms with Gasteiger partial charge in [-0.2, -0.15) is 0 Å². The summed E-state index contributed by atoms with van der Waals surface area (Å²) in [6.07, 6.45) is 6.36. The van der Waals surface area contributed by atoms with Crippen molar-refractivity contribution in [2.75, 3.05) is 7.11 Å². The molecule has 1 fully saturated rings. The lowest BCUT2D eigenvalue weighted by Crippen LogP contribution is -2.38. The minimum absolute atomic E-state index is 0.463. The summed E-state index contributed by atoms with van der Waals surface area (Å²) < 4.78 is 0. The lowest BCUT2D eigenvalue weighted by Gasteiger charge is -2.24. The average Bonchev–Trinajstić information content (AvgIpc) is 2.65. The highest BCUT2D eigenvalue weighted by Gasteiger charge is 2.35. The van der Waals surface area contributed by atoms with Gasteiger partial charge in [-0.05, 0) is 31.9 Å². The molecule has 0 N–H and O–H groups in total. The number of fused-ring (bicyclic) bond motifs is 2. The Labute approximate surface area is 95.0 Å². The molecular weight excluding hydrogens is 200 g/mol. The fraction of sp³-hybridized carbons (Fsp3) is 0.462. The van der Waals surface area contributed by atoms with Gasteiger partial charge in [-0.15, -0.1) is 0 Å². The first-order valence-corrected chi connectivity index (χ1v) is 5.80. The first kappa shape index (κ1) is 9.85. The van der Waals surface area contributed by atoms with Gasteiger partial charge in [-0.3, -0.25) is 14.9 Å². The highest BCUT2D eigenvalue weighted by atomic mass is 16.7. The van der Waals surface area contributed by atoms with Gasteiger partial charge in [0.25, 0.3) is 0 Å². The van der Waals surface area contributed by atoms with Gasteiger partial charge in [0, 0.05) is 17.3 Å². The van der Waals surface area contributed by atoms with E-state index in [9.17, 15) is 0 Å². The van der Waals surface area contributed by atoms with Gasteiger partial charge in [0.2, 0.25) is 0 Å². The number of hydrogen-bond donors (Lipinski definition) is 0. The summed E-state index contributed by atoms with van der Waals surface area (Å²) in [7, 11) is 1.75. The summed E-state index contributed by atoms with van der Waals surface area (Å²) in [6, 6.07) is 4.60. The first-order valence-electron chi connectivity index (χ1n) is 5.80. The largest absolute Gasteiger partial charge is 0.277 e. The number of aromatic nitrogens is 1. The van der Waals surface area contributed by atoms with E-state index < -0.39 is 0 Å². The highest BCUT2D eigenvalue weighted by molar-refractivity contribution is 5.53. The second-order valence-corrected chi connectivity index (χ2v) is 4.55. The zero-order valence-corrected chi connectivity index (χ0v) is 9.68. The molecule has 3 nitrogen and oxygen atoms in total. The van der Waals surface area contributed by atoms with Crippen molar-refractivity contribution in [2.24, 2.45) is 5.92 Å². The Balaban J connectivity index is 2.28. The van der Waals surface area contributed by atoms with Crippen molar-refractivity contribution in [3.63, 3.8) is 0 Å². The van der Waals surface area contributed by atoms with E-state index in [4.69, 9.17) is 4.84 Å². The Hall–Kier alpha value is -1.35. The molecule has 2 aliphatic rings. The summed E-state index contributed by atoms with van der Waals surface area (Å²) >= 11 is 0. The molecule has 0 amide bonds. The molecule has 1 aromatic rings. The molecule has 1 aliphatic heterocycles. The van der Waals surface area contributed by atoms with Crippen molar-refractivity contribution in [3.05, 3.63) is 28.9 Å². The Morgan fingerprint density at radius 3 is 3.19 bits per heavy atom. The number of hydroxylamine groups is 2. The van der Waals surface area contributed by atoms with E-state index in [1.165, 1.54) is 17.3 Å². The van der Waals surface area contributed by atoms with Gasteiger partial charge in [-0.25, -0.2) is 0 Å². The molecule has 1 aromatic heterocycles. The van der Waals surface area contributed by atoms with Crippen LogP contribution in [0.1, 0.15) is 19.8 Å². The third-order valence-corrected chi connectivity index (χ3v) is 3.56. The van der Waals surface area contributed by atoms with Crippen LogP contribution >= 0.6 is 0 Å². The lowest BCUT2D eigenvalue weighted by atomic mass is 9.94. The minimum Gasteiger partial charge on any atom is -0.277 e. The average molecular weight is 216 g/mol. The Morgan fingerprint density at radius 1 is 1.50 bits per heavy atom. The van der Waals surface area contributed by atoms with Crippen LogP contribution in [-0.2, 0) is 4.84 Å². The molecule has 84 valence electrons. The predicted molar refractivity (Wildman–Crippen MR) is 62.4 cm³/mol. The molecule has 3 rings (SSSR count). The molecule has 2 heterocycles. The first-order chi connectivity index (χ1) is 7.81. The maximum Gasteiger partial charge on any atom is 0.0680 e. The van der Waals surface area contributed by atoms with E-state index in [2.05, 4.69) is 29.1 Å². The van der Waals surface area contributed by atoms with Crippen LogP contribution in [-0.4, -0.2) is 23.2 Å². The van der Waals surface area contributed by atoms with Crippen LogP contribution < -0.4 is 10.6 Å². The van der Waals surface area contributed by atoms with Crippen molar-refractivity contribution in [2.45, 2.75) is 25.8 Å². The summed E-state index contributed by atoms with van der Waals surface area (Å²) in [6.45, 7) is 2.21. The molecule has 0 saturated carbocycles. The molecule has 0 bridgehead atoms. The van der Waals surface area contributed by atoms with Crippen molar-refractivity contribution >= 4 is 11.8 Å². The number of hydrogen-bond acceptors (Lipinski definition) is 3. The van der Waals surface area contributed by atoms with Crippen molar-refractivity contribution in [1.82, 2.24) is 10.0 Å². The van der Waals surface area contributed by atoms with Crippen LogP contribution in [0.4, 0.5) is 0 Å². The molecule has 16 heavy (non-hydrogen) atoms. The Morgan fingerprint density at radius 2 is 2.38 bits per heavy atom. The van der Waals surface area contributed by atoms with Crippen LogP contribution in [0.3, 0.4) is 0 Å². The zero-order chi connectivity index (χ0) is 11.1. The van der Waals surface area contributed by atoms with E-state index in [1.54, 1.807) is 7.11 Å². The smallest absolute Gasteiger partial charge is 0.0680 e. The summed E-state index contributed by atoms with van der Waals surface area (Å²) in [4.78, 5) is 9.92. The van der Waals surface area contributed by atoms with E-state index in [0.717, 1.165) is 11.8 Å². The highest BCUT2D eigenvalue weighted by Crippen LogP contribution is 2.36. The standard InChI is InChI=1S/C13H16N2O/c1-9-8-10-5-6-12-11(4-3-7-14-12)13(10)15(9)16-2/h3-4,6-7,9-10H,5,8H2,1-2H3. The molecule has 0 radical (unpaired) electrons. The Bertz CT molecular complexity index is 523. The van der Waals surface area contributed by atoms with Crippen LogP contribution in [0, 0.1) is 5.92 Å². The molecule has 0 spiro atoms. The minimum atomic E-state index is 0.463. The van der Waals surface area contributed by atoms with Crippen LogP contribution in [0.25, 0.3) is 11.8 Å². The maximum absolute atomic E-state index is 5.50. The van der Waals surface area contributed by atoms with Crippen molar-refractivity contribution in [3.8, 4) is 0 Å². The quantitative estimate of drug-likeness (QED) is 0.689. The number of nitrogens with zero attached hydrogens (tertiary/aromatic N) is 2. The normalized spacial score (nSPS) is 27.4. The van der Waals surface area contributed by atoms with Gasteiger partial charge in [0.05, 0.1) is 24.2 Å². The third-order valence-electron chi connectivity index (χ3n) is 3.56. The van der Waals surface area contributed by atoms with Gasteiger partial charge in [0.15, 0.2) is 0 Å². The fourth-order valence-corrected chi connectivity index (χ4v) is 2.91. The molecule has 3 heteroatoms. The zero-order valence-electron chi connectivity index (χ0n) is 9.68. The van der Waals surface area contributed by atoms with Gasteiger partial charge >= 0.3 is 0 Å². The number of pyridine rings is 1. The lowest BCUT2D eigenvalue weighted by molar-refractivity contribution is -0.0934. The van der Waals surface area contributed by atoms with Crippen molar-refractivity contribution < 1.29 is 4.84 Å². The van der Waals surface area contributed by atoms with E-state index in [1.807, 2.05) is 12.3 Å². The van der Waals surface area contributed by atoms with Crippen LogP contribution in [0.15, 0.2) is 18.3 Å². The fourth-order valence-electron chi connectivity index (χ4n) is 2.91. The molecule has 2 atom stereocenters. The summed E-state index contributed by atoms with van der Waals surface area (Å²) in [5, 5.41) is 4.40. The van der Waals surface area contributed by atoms with Crippen LogP contribution in [0.2, 0.25) is 0 Å².